The lowest BCUT2D eigenvalue weighted by Gasteiger charge is -2.51. The summed E-state index contributed by atoms with van der Waals surface area (Å²) in [6, 6.07) is 22.1. The molecule has 5 rings (SSSR count). The van der Waals surface area contributed by atoms with Crippen LogP contribution in [-0.2, 0) is 0 Å². The van der Waals surface area contributed by atoms with Gasteiger partial charge in [-0.2, -0.15) is 0 Å². The zero-order valence-electron chi connectivity index (χ0n) is 14.7. The summed E-state index contributed by atoms with van der Waals surface area (Å²) in [7, 11) is 0. The molecule has 0 saturated carbocycles. The van der Waals surface area contributed by atoms with Gasteiger partial charge in [-0.1, -0.05) is 67.6 Å². The Morgan fingerprint density at radius 1 is 0.875 bits per heavy atom. The summed E-state index contributed by atoms with van der Waals surface area (Å²) in [6.07, 6.45) is 4.04. The van der Waals surface area contributed by atoms with E-state index in [9.17, 15) is 0 Å². The van der Waals surface area contributed by atoms with E-state index in [-0.39, 0.29) is 0 Å². The molecule has 3 heterocycles. The summed E-state index contributed by atoms with van der Waals surface area (Å²) in [5.41, 5.74) is 6.02. The van der Waals surface area contributed by atoms with Gasteiger partial charge in [0, 0.05) is 12.8 Å². The van der Waals surface area contributed by atoms with Gasteiger partial charge in [0.15, 0.2) is 0 Å². The molecular formula is C23H28N+. The summed E-state index contributed by atoms with van der Waals surface area (Å²) < 4.78 is 1.32. The highest BCUT2D eigenvalue weighted by Gasteiger charge is 2.43. The van der Waals surface area contributed by atoms with Gasteiger partial charge in [-0.3, -0.25) is 0 Å². The molecule has 0 N–H and O–H groups in total. The summed E-state index contributed by atoms with van der Waals surface area (Å²) in [5, 5.41) is 0. The number of piperidine rings is 3. The second-order valence-corrected chi connectivity index (χ2v) is 7.58. The number of quaternary nitrogens is 1. The fourth-order valence-corrected chi connectivity index (χ4v) is 4.92. The van der Waals surface area contributed by atoms with E-state index in [0.717, 1.165) is 5.92 Å². The van der Waals surface area contributed by atoms with Crippen LogP contribution in [0.4, 0.5) is 0 Å². The van der Waals surface area contributed by atoms with Gasteiger partial charge in [-0.25, -0.2) is 0 Å². The van der Waals surface area contributed by atoms with Gasteiger partial charge in [0.25, 0.3) is 0 Å². The van der Waals surface area contributed by atoms with E-state index >= 15 is 0 Å². The lowest BCUT2D eigenvalue weighted by Crippen LogP contribution is -2.59. The van der Waals surface area contributed by atoms with Crippen molar-refractivity contribution >= 4 is 5.57 Å². The van der Waals surface area contributed by atoms with Crippen LogP contribution in [-0.4, -0.2) is 30.7 Å². The average Bonchev–Trinajstić information content (AvgIpc) is 2.65. The molecule has 0 spiro atoms. The second-order valence-electron chi connectivity index (χ2n) is 7.58. The first-order valence-corrected chi connectivity index (χ1v) is 9.50. The number of fused-ring (bicyclic) bond motifs is 3. The minimum absolute atomic E-state index is 0.789. The predicted octanol–water partition coefficient (Wildman–Crippen LogP) is 5.14. The summed E-state index contributed by atoms with van der Waals surface area (Å²) in [5.74, 6) is 0.789. The maximum Gasteiger partial charge on any atom is 0.102 e. The lowest BCUT2D eigenvalue weighted by atomic mass is 9.76. The van der Waals surface area contributed by atoms with Gasteiger partial charge in [0.05, 0.1) is 19.6 Å². The molecule has 2 aromatic rings. The van der Waals surface area contributed by atoms with Gasteiger partial charge in [0.1, 0.15) is 6.54 Å². The lowest BCUT2D eigenvalue weighted by molar-refractivity contribution is -0.935. The van der Waals surface area contributed by atoms with Crippen molar-refractivity contribution in [2.24, 2.45) is 5.92 Å². The molecular weight excluding hydrogens is 290 g/mol. The molecule has 0 atom stereocenters. The van der Waals surface area contributed by atoms with Crippen LogP contribution in [0.15, 0.2) is 66.2 Å². The molecule has 0 radical (unpaired) electrons. The predicted molar refractivity (Wildman–Crippen MR) is 102 cm³/mol. The highest BCUT2D eigenvalue weighted by Crippen LogP contribution is 2.42. The van der Waals surface area contributed by atoms with Gasteiger partial charge in [-0.15, -0.1) is 0 Å². The second kappa shape index (κ2) is 6.57. The van der Waals surface area contributed by atoms with Gasteiger partial charge >= 0.3 is 0 Å². The highest BCUT2D eigenvalue weighted by molar-refractivity contribution is 5.82. The van der Waals surface area contributed by atoms with E-state index in [2.05, 4.69) is 67.6 Å². The number of benzene rings is 2. The van der Waals surface area contributed by atoms with Crippen LogP contribution in [0, 0.1) is 5.92 Å². The minimum atomic E-state index is 0.789. The minimum Gasteiger partial charge on any atom is -0.320 e. The molecule has 3 saturated heterocycles. The maximum absolute atomic E-state index is 2.34. The van der Waals surface area contributed by atoms with Gasteiger partial charge in [-0.05, 0) is 34.6 Å². The van der Waals surface area contributed by atoms with Crippen LogP contribution in [0.5, 0.6) is 0 Å². The number of rotatable bonds is 4. The SMILES string of the molecule is CCC[N+]12CCC(CC1)C(=C(c1ccccc1)c1ccccc1)C2. The topological polar surface area (TPSA) is 0 Å². The van der Waals surface area contributed by atoms with Crippen molar-refractivity contribution in [3.63, 3.8) is 0 Å². The standard InChI is InChI=1S/C23H28N/c1-2-15-24-16-13-19(14-17-24)22(18-24)23(20-9-5-3-6-10-20)21-11-7-4-8-12-21/h3-12,19H,2,13-18H2,1H3/q+1. The summed E-state index contributed by atoms with van der Waals surface area (Å²) in [6.45, 7) is 7.72. The normalized spacial score (nSPS) is 25.7. The van der Waals surface area contributed by atoms with E-state index in [1.54, 1.807) is 5.57 Å². The molecule has 0 amide bonds. The molecule has 2 bridgehead atoms. The van der Waals surface area contributed by atoms with Crippen molar-refractivity contribution in [3.05, 3.63) is 77.4 Å². The van der Waals surface area contributed by atoms with Crippen molar-refractivity contribution in [3.8, 4) is 0 Å². The summed E-state index contributed by atoms with van der Waals surface area (Å²) >= 11 is 0. The van der Waals surface area contributed by atoms with Gasteiger partial charge in [0.2, 0.25) is 0 Å². The molecule has 0 aliphatic carbocycles. The zero-order valence-corrected chi connectivity index (χ0v) is 14.7. The molecule has 1 heteroatoms. The molecule has 24 heavy (non-hydrogen) atoms. The Hall–Kier alpha value is -1.86. The third-order valence-electron chi connectivity index (χ3n) is 6.05. The van der Waals surface area contributed by atoms with Crippen molar-refractivity contribution < 1.29 is 4.48 Å². The molecule has 3 fully saturated rings. The molecule has 1 nitrogen and oxygen atoms in total. The van der Waals surface area contributed by atoms with Crippen molar-refractivity contribution in [1.82, 2.24) is 0 Å². The van der Waals surface area contributed by atoms with Crippen molar-refractivity contribution in [1.29, 1.82) is 0 Å². The maximum atomic E-state index is 2.34. The molecule has 0 aromatic heterocycles. The average molecular weight is 318 g/mol. The Labute approximate surface area is 146 Å². The highest BCUT2D eigenvalue weighted by atomic mass is 15.4. The fraction of sp³-hybridized carbons (Fsp3) is 0.391. The van der Waals surface area contributed by atoms with E-state index in [1.807, 2.05) is 0 Å². The third-order valence-corrected chi connectivity index (χ3v) is 6.05. The van der Waals surface area contributed by atoms with E-state index in [1.165, 1.54) is 66.6 Å². The first kappa shape index (κ1) is 15.7. The zero-order chi connectivity index (χ0) is 16.4. The molecule has 124 valence electrons. The molecule has 0 unspecified atom stereocenters. The van der Waals surface area contributed by atoms with Crippen LogP contribution < -0.4 is 0 Å². The van der Waals surface area contributed by atoms with Crippen LogP contribution in [0.1, 0.15) is 37.3 Å². The van der Waals surface area contributed by atoms with Crippen LogP contribution in [0.2, 0.25) is 0 Å². The Morgan fingerprint density at radius 3 is 1.92 bits per heavy atom. The van der Waals surface area contributed by atoms with E-state index in [0.29, 0.717) is 0 Å². The quantitative estimate of drug-likeness (QED) is 0.685. The van der Waals surface area contributed by atoms with Crippen LogP contribution >= 0.6 is 0 Å². The first-order valence-electron chi connectivity index (χ1n) is 9.50. The summed E-state index contributed by atoms with van der Waals surface area (Å²) in [4.78, 5) is 0. The van der Waals surface area contributed by atoms with Crippen LogP contribution in [0.3, 0.4) is 0 Å². The monoisotopic (exact) mass is 318 g/mol. The first-order chi connectivity index (χ1) is 11.8. The van der Waals surface area contributed by atoms with Crippen LogP contribution in [0.25, 0.3) is 5.57 Å². The van der Waals surface area contributed by atoms with Crippen molar-refractivity contribution in [2.75, 3.05) is 26.2 Å². The number of hydrogen-bond donors (Lipinski definition) is 0. The largest absolute Gasteiger partial charge is 0.320 e. The molecule has 3 aliphatic rings. The van der Waals surface area contributed by atoms with Crippen molar-refractivity contribution in [2.45, 2.75) is 26.2 Å². The number of nitrogens with zero attached hydrogens (tertiary/aromatic N) is 1. The Kier molecular flexibility index (Phi) is 4.28. The van der Waals surface area contributed by atoms with E-state index < -0.39 is 0 Å². The Balaban J connectivity index is 1.85. The van der Waals surface area contributed by atoms with Gasteiger partial charge < -0.3 is 4.48 Å². The fourth-order valence-electron chi connectivity index (χ4n) is 4.92. The molecule has 2 aromatic carbocycles. The smallest absolute Gasteiger partial charge is 0.102 e. The number of hydrogen-bond acceptors (Lipinski definition) is 0. The Morgan fingerprint density at radius 2 is 1.42 bits per heavy atom. The molecule has 3 aliphatic heterocycles. The third kappa shape index (κ3) is 2.82. The van der Waals surface area contributed by atoms with E-state index in [4.69, 9.17) is 0 Å². The Bertz CT molecular complexity index is 659.